The van der Waals surface area contributed by atoms with E-state index in [2.05, 4.69) is 11.9 Å². The first kappa shape index (κ1) is 15.2. The van der Waals surface area contributed by atoms with Crippen molar-refractivity contribution in [3.05, 3.63) is 0 Å². The molecule has 2 aliphatic heterocycles. The van der Waals surface area contributed by atoms with Crippen molar-refractivity contribution in [3.8, 4) is 0 Å². The molecule has 0 aromatic carbocycles. The summed E-state index contributed by atoms with van der Waals surface area (Å²) in [7, 11) is 3.70. The Morgan fingerprint density at radius 2 is 2.11 bits per heavy atom. The van der Waals surface area contributed by atoms with Crippen LogP contribution >= 0.6 is 0 Å². The summed E-state index contributed by atoms with van der Waals surface area (Å²) in [5.74, 6) is 0. The van der Waals surface area contributed by atoms with Crippen LogP contribution < -0.4 is 0 Å². The van der Waals surface area contributed by atoms with Crippen LogP contribution in [0.2, 0.25) is 0 Å². The van der Waals surface area contributed by atoms with E-state index in [0.717, 1.165) is 45.5 Å². The molecule has 2 aliphatic rings. The average molecular weight is 273 g/mol. The second-order valence-electron chi connectivity index (χ2n) is 5.84. The van der Waals surface area contributed by atoms with Gasteiger partial charge in [-0.2, -0.15) is 0 Å². The molecule has 5 nitrogen and oxygen atoms in total. The lowest BCUT2D eigenvalue weighted by atomic mass is 9.83. The number of rotatable bonds is 5. The lowest BCUT2D eigenvalue weighted by Crippen LogP contribution is -2.51. The molecule has 0 aromatic rings. The maximum Gasteiger partial charge on any atom is 0.0900 e. The molecule has 0 bridgehead atoms. The predicted molar refractivity (Wildman–Crippen MR) is 72.3 cm³/mol. The highest BCUT2D eigenvalue weighted by Crippen LogP contribution is 2.35. The number of aliphatic hydroxyl groups excluding tert-OH is 1. The molecular formula is C14H27NO4. The number of likely N-dealkylation sites (N-methyl/N-ethyl adjacent to an activating group) is 1. The molecule has 2 atom stereocenters. The van der Waals surface area contributed by atoms with Gasteiger partial charge >= 0.3 is 0 Å². The van der Waals surface area contributed by atoms with Gasteiger partial charge in [-0.15, -0.1) is 0 Å². The first-order chi connectivity index (χ1) is 9.15. The summed E-state index contributed by atoms with van der Waals surface area (Å²) in [6.07, 6.45) is 3.67. The average Bonchev–Trinajstić information content (AvgIpc) is 2.40. The summed E-state index contributed by atoms with van der Waals surface area (Å²) >= 11 is 0. The Morgan fingerprint density at radius 3 is 2.79 bits per heavy atom. The van der Waals surface area contributed by atoms with Crippen molar-refractivity contribution in [2.45, 2.75) is 43.4 Å². The molecule has 2 unspecified atom stereocenters. The number of hydrogen-bond acceptors (Lipinski definition) is 5. The van der Waals surface area contributed by atoms with Crippen LogP contribution in [-0.4, -0.2) is 74.9 Å². The van der Waals surface area contributed by atoms with E-state index in [-0.39, 0.29) is 5.60 Å². The zero-order chi connectivity index (χ0) is 13.7. The Labute approximate surface area is 115 Å². The normalized spacial score (nSPS) is 28.7. The summed E-state index contributed by atoms with van der Waals surface area (Å²) in [4.78, 5) is 2.25. The van der Waals surface area contributed by atoms with Gasteiger partial charge in [-0.3, -0.25) is 0 Å². The molecule has 0 aliphatic carbocycles. The van der Waals surface area contributed by atoms with Crippen LogP contribution in [0.3, 0.4) is 0 Å². The van der Waals surface area contributed by atoms with Gasteiger partial charge in [0.15, 0.2) is 0 Å². The fourth-order valence-electron chi connectivity index (χ4n) is 3.20. The molecule has 2 rings (SSSR count). The van der Waals surface area contributed by atoms with Crippen molar-refractivity contribution < 1.29 is 19.3 Å². The van der Waals surface area contributed by atoms with Gasteiger partial charge in [-0.05, 0) is 32.7 Å². The van der Waals surface area contributed by atoms with Crippen LogP contribution in [0.5, 0.6) is 0 Å². The summed E-state index contributed by atoms with van der Waals surface area (Å²) in [6, 6.07) is 0.485. The third-order valence-corrected chi connectivity index (χ3v) is 4.35. The van der Waals surface area contributed by atoms with Gasteiger partial charge in [0.25, 0.3) is 0 Å². The highest BCUT2D eigenvalue weighted by atomic mass is 16.5. The minimum Gasteiger partial charge on any atom is -0.389 e. The Balaban J connectivity index is 1.85. The Kier molecular flexibility index (Phi) is 5.59. The Bertz CT molecular complexity index is 263. The molecule has 0 radical (unpaired) electrons. The lowest BCUT2D eigenvalue weighted by Gasteiger charge is -2.45. The SMILES string of the molecule is COCC(O)CN(C)C1CCOC2(CCOCC2)C1. The predicted octanol–water partition coefficient (Wildman–Crippen LogP) is 0.654. The smallest absolute Gasteiger partial charge is 0.0900 e. The van der Waals surface area contributed by atoms with Gasteiger partial charge in [0.1, 0.15) is 0 Å². The van der Waals surface area contributed by atoms with Gasteiger partial charge in [0, 0.05) is 39.5 Å². The fourth-order valence-corrected chi connectivity index (χ4v) is 3.20. The number of hydrogen-bond donors (Lipinski definition) is 1. The van der Waals surface area contributed by atoms with E-state index >= 15 is 0 Å². The van der Waals surface area contributed by atoms with Gasteiger partial charge in [-0.1, -0.05) is 0 Å². The maximum atomic E-state index is 9.83. The van der Waals surface area contributed by atoms with E-state index in [1.807, 2.05) is 0 Å². The molecule has 1 spiro atoms. The molecule has 5 heteroatoms. The minimum absolute atomic E-state index is 0.0155. The molecule has 0 aromatic heterocycles. The highest BCUT2D eigenvalue weighted by molar-refractivity contribution is 4.92. The third kappa shape index (κ3) is 4.13. The molecule has 0 amide bonds. The van der Waals surface area contributed by atoms with Gasteiger partial charge in [-0.25, -0.2) is 0 Å². The van der Waals surface area contributed by atoms with Crippen LogP contribution in [0.25, 0.3) is 0 Å². The Hall–Kier alpha value is -0.200. The lowest BCUT2D eigenvalue weighted by molar-refractivity contribution is -0.151. The van der Waals surface area contributed by atoms with E-state index in [1.165, 1.54) is 0 Å². The molecule has 0 saturated carbocycles. The molecule has 1 N–H and O–H groups in total. The van der Waals surface area contributed by atoms with Gasteiger partial charge < -0.3 is 24.2 Å². The van der Waals surface area contributed by atoms with Crippen molar-refractivity contribution in [3.63, 3.8) is 0 Å². The van der Waals surface area contributed by atoms with Crippen molar-refractivity contribution in [1.82, 2.24) is 4.90 Å². The van der Waals surface area contributed by atoms with Crippen molar-refractivity contribution in [1.29, 1.82) is 0 Å². The fraction of sp³-hybridized carbons (Fsp3) is 1.00. The van der Waals surface area contributed by atoms with Crippen molar-refractivity contribution in [2.75, 3.05) is 47.1 Å². The van der Waals surface area contributed by atoms with E-state index in [4.69, 9.17) is 14.2 Å². The van der Waals surface area contributed by atoms with E-state index in [9.17, 15) is 5.11 Å². The van der Waals surface area contributed by atoms with Crippen LogP contribution in [0.15, 0.2) is 0 Å². The number of methoxy groups -OCH3 is 1. The zero-order valence-electron chi connectivity index (χ0n) is 12.1. The molecule has 2 heterocycles. The quantitative estimate of drug-likeness (QED) is 0.797. The van der Waals surface area contributed by atoms with E-state index in [0.29, 0.717) is 19.2 Å². The zero-order valence-corrected chi connectivity index (χ0v) is 12.1. The summed E-state index contributed by atoms with van der Waals surface area (Å²) in [5, 5.41) is 9.83. The monoisotopic (exact) mass is 273 g/mol. The van der Waals surface area contributed by atoms with E-state index in [1.54, 1.807) is 7.11 Å². The molecule has 2 fully saturated rings. The summed E-state index contributed by atoms with van der Waals surface area (Å²) < 4.78 is 16.5. The van der Waals surface area contributed by atoms with Crippen LogP contribution in [0.1, 0.15) is 25.7 Å². The largest absolute Gasteiger partial charge is 0.389 e. The molecule has 2 saturated heterocycles. The summed E-state index contributed by atoms with van der Waals surface area (Å²) in [6.45, 7) is 3.48. The molecule has 112 valence electrons. The van der Waals surface area contributed by atoms with Crippen molar-refractivity contribution >= 4 is 0 Å². The van der Waals surface area contributed by atoms with Gasteiger partial charge in [0.2, 0.25) is 0 Å². The second-order valence-corrected chi connectivity index (χ2v) is 5.84. The standard InChI is InChI=1S/C14H27NO4/c1-15(10-13(16)11-17-2)12-3-6-19-14(9-12)4-7-18-8-5-14/h12-13,16H,3-11H2,1-2H3. The topological polar surface area (TPSA) is 51.2 Å². The van der Waals surface area contributed by atoms with Crippen LogP contribution in [-0.2, 0) is 14.2 Å². The van der Waals surface area contributed by atoms with Crippen molar-refractivity contribution in [2.24, 2.45) is 0 Å². The highest BCUT2D eigenvalue weighted by Gasteiger charge is 2.40. The molecular weight excluding hydrogens is 246 g/mol. The second kappa shape index (κ2) is 6.99. The Morgan fingerprint density at radius 1 is 1.37 bits per heavy atom. The molecule has 19 heavy (non-hydrogen) atoms. The minimum atomic E-state index is -0.413. The first-order valence-corrected chi connectivity index (χ1v) is 7.24. The number of nitrogens with zero attached hydrogens (tertiary/aromatic N) is 1. The van der Waals surface area contributed by atoms with Crippen LogP contribution in [0.4, 0.5) is 0 Å². The maximum absolute atomic E-state index is 9.83. The first-order valence-electron chi connectivity index (χ1n) is 7.24. The number of aliphatic hydroxyl groups is 1. The summed E-state index contributed by atoms with van der Waals surface area (Å²) in [5.41, 5.74) is 0.0155. The third-order valence-electron chi connectivity index (χ3n) is 4.35. The van der Waals surface area contributed by atoms with E-state index < -0.39 is 6.10 Å². The van der Waals surface area contributed by atoms with Gasteiger partial charge in [0.05, 0.1) is 18.3 Å². The number of ether oxygens (including phenoxy) is 3. The van der Waals surface area contributed by atoms with Crippen LogP contribution in [0, 0.1) is 0 Å².